The van der Waals surface area contributed by atoms with Gasteiger partial charge in [-0.2, -0.15) is 0 Å². The van der Waals surface area contributed by atoms with Crippen LogP contribution in [0.25, 0.3) is 11.1 Å². The van der Waals surface area contributed by atoms with Crippen LogP contribution in [-0.4, -0.2) is 13.2 Å². The van der Waals surface area contributed by atoms with Crippen LogP contribution in [0.4, 0.5) is 4.39 Å². The number of halogens is 1. The van der Waals surface area contributed by atoms with Crippen LogP contribution in [-0.2, 0) is 9.47 Å². The second-order valence-electron chi connectivity index (χ2n) is 10.2. The number of ether oxygens (including phenoxy) is 2. The van der Waals surface area contributed by atoms with Crippen molar-refractivity contribution in [2.45, 2.75) is 90.3 Å². The van der Waals surface area contributed by atoms with Crippen LogP contribution in [0.2, 0.25) is 0 Å². The molecular formula is C30H41FO2. The topological polar surface area (TPSA) is 18.5 Å². The molecule has 0 unspecified atom stereocenters. The fourth-order valence-electron chi connectivity index (χ4n) is 5.62. The van der Waals surface area contributed by atoms with Crippen molar-refractivity contribution in [1.82, 2.24) is 0 Å². The Hall–Kier alpha value is -1.71. The molecule has 3 heteroatoms. The second kappa shape index (κ2) is 12.1. The highest BCUT2D eigenvalue weighted by Gasteiger charge is 2.24. The molecule has 4 rings (SSSR count). The molecule has 180 valence electrons. The summed E-state index contributed by atoms with van der Waals surface area (Å²) >= 11 is 0. The van der Waals surface area contributed by atoms with Gasteiger partial charge in [0.1, 0.15) is 5.82 Å². The molecule has 2 aromatic rings. The van der Waals surface area contributed by atoms with E-state index < -0.39 is 0 Å². The molecule has 0 atom stereocenters. The highest BCUT2D eigenvalue weighted by molar-refractivity contribution is 5.65. The Kier molecular flexibility index (Phi) is 8.97. The number of unbranched alkanes of at least 4 members (excludes halogenated alkanes) is 2. The van der Waals surface area contributed by atoms with Crippen LogP contribution in [0, 0.1) is 17.7 Å². The van der Waals surface area contributed by atoms with Gasteiger partial charge in [0, 0.05) is 17.0 Å². The Morgan fingerprint density at radius 1 is 0.758 bits per heavy atom. The van der Waals surface area contributed by atoms with Gasteiger partial charge in [0.2, 0.25) is 0 Å². The summed E-state index contributed by atoms with van der Waals surface area (Å²) in [5.41, 5.74) is 3.75. The van der Waals surface area contributed by atoms with Crippen LogP contribution in [0.5, 0.6) is 0 Å². The SMILES string of the molecule is CCCCCC1COC(c2ccc(-c3ccc(C4CCC(CCC)CC4)cc3F)cc2)OC1. The molecule has 0 bridgehead atoms. The van der Waals surface area contributed by atoms with Gasteiger partial charge in [-0.3, -0.25) is 0 Å². The van der Waals surface area contributed by atoms with E-state index in [0.717, 1.165) is 30.3 Å². The zero-order valence-corrected chi connectivity index (χ0v) is 20.5. The molecule has 1 aliphatic carbocycles. The molecule has 2 nitrogen and oxygen atoms in total. The Labute approximate surface area is 199 Å². The highest BCUT2D eigenvalue weighted by atomic mass is 19.1. The molecule has 0 N–H and O–H groups in total. The molecular weight excluding hydrogens is 411 g/mol. The van der Waals surface area contributed by atoms with Crippen LogP contribution in [0.15, 0.2) is 42.5 Å². The molecule has 1 saturated heterocycles. The molecule has 0 spiro atoms. The van der Waals surface area contributed by atoms with Crippen LogP contribution in [0.3, 0.4) is 0 Å². The lowest BCUT2D eigenvalue weighted by atomic mass is 9.77. The van der Waals surface area contributed by atoms with Crippen LogP contribution < -0.4 is 0 Å². The van der Waals surface area contributed by atoms with E-state index in [4.69, 9.17) is 9.47 Å². The van der Waals surface area contributed by atoms with E-state index in [9.17, 15) is 0 Å². The summed E-state index contributed by atoms with van der Waals surface area (Å²) in [5, 5.41) is 0. The summed E-state index contributed by atoms with van der Waals surface area (Å²) in [6, 6.07) is 13.9. The minimum absolute atomic E-state index is 0.115. The fraction of sp³-hybridized carbons (Fsp3) is 0.600. The first kappa shape index (κ1) is 24.4. The van der Waals surface area contributed by atoms with Crippen molar-refractivity contribution in [3.05, 3.63) is 59.4 Å². The van der Waals surface area contributed by atoms with Gasteiger partial charge in [0.05, 0.1) is 13.2 Å². The maximum Gasteiger partial charge on any atom is 0.183 e. The lowest BCUT2D eigenvalue weighted by molar-refractivity contribution is -0.206. The first-order valence-electron chi connectivity index (χ1n) is 13.3. The number of rotatable bonds is 9. The van der Waals surface area contributed by atoms with Crippen molar-refractivity contribution in [2.75, 3.05) is 13.2 Å². The van der Waals surface area contributed by atoms with E-state index in [1.165, 1.54) is 69.8 Å². The molecule has 33 heavy (non-hydrogen) atoms. The number of hydrogen-bond acceptors (Lipinski definition) is 2. The molecule has 2 aliphatic rings. The van der Waals surface area contributed by atoms with Gasteiger partial charge >= 0.3 is 0 Å². The summed E-state index contributed by atoms with van der Waals surface area (Å²) in [6.45, 7) is 6.01. The monoisotopic (exact) mass is 452 g/mol. The van der Waals surface area contributed by atoms with Crippen LogP contribution >= 0.6 is 0 Å². The predicted octanol–water partition coefficient (Wildman–Crippen LogP) is 8.81. The van der Waals surface area contributed by atoms with Gasteiger partial charge < -0.3 is 9.47 Å². The standard InChI is InChI=1S/C30H41FO2/c1-3-5-6-8-23-20-32-30(33-21-23)26-15-13-25(14-16-26)28-18-17-27(19-29(28)31)24-11-9-22(7-4-2)10-12-24/h13-19,22-24,30H,3-12,20-21H2,1-2H3. The predicted molar refractivity (Wildman–Crippen MR) is 134 cm³/mol. The maximum atomic E-state index is 15.1. The van der Waals surface area contributed by atoms with Gasteiger partial charge in [-0.25, -0.2) is 4.39 Å². The Bertz CT molecular complexity index is 846. The zero-order valence-electron chi connectivity index (χ0n) is 20.5. The Morgan fingerprint density at radius 3 is 2.09 bits per heavy atom. The van der Waals surface area contributed by atoms with Gasteiger partial charge in [0.25, 0.3) is 0 Å². The third-order valence-corrected chi connectivity index (χ3v) is 7.68. The first-order chi connectivity index (χ1) is 16.2. The second-order valence-corrected chi connectivity index (χ2v) is 10.2. The molecule has 0 aromatic heterocycles. The van der Waals surface area contributed by atoms with Gasteiger partial charge in [0.15, 0.2) is 6.29 Å². The minimum Gasteiger partial charge on any atom is -0.348 e. The van der Waals surface area contributed by atoms with Crippen molar-refractivity contribution in [1.29, 1.82) is 0 Å². The summed E-state index contributed by atoms with van der Waals surface area (Å²) in [5.74, 6) is 1.77. The van der Waals surface area contributed by atoms with Gasteiger partial charge in [-0.15, -0.1) is 0 Å². The van der Waals surface area contributed by atoms with Crippen LogP contribution in [0.1, 0.15) is 101 Å². The smallest absolute Gasteiger partial charge is 0.183 e. The van der Waals surface area contributed by atoms with E-state index in [2.05, 4.69) is 19.9 Å². The lowest BCUT2D eigenvalue weighted by Gasteiger charge is -2.29. The quantitative estimate of drug-likeness (QED) is 0.354. The van der Waals surface area contributed by atoms with Gasteiger partial charge in [-0.1, -0.05) is 82.3 Å². The van der Waals surface area contributed by atoms with E-state index in [0.29, 0.717) is 17.4 Å². The minimum atomic E-state index is -0.309. The summed E-state index contributed by atoms with van der Waals surface area (Å²) < 4.78 is 27.0. The highest BCUT2D eigenvalue weighted by Crippen LogP contribution is 2.39. The molecule has 1 heterocycles. The fourth-order valence-corrected chi connectivity index (χ4v) is 5.62. The Morgan fingerprint density at radius 2 is 1.45 bits per heavy atom. The summed E-state index contributed by atoms with van der Waals surface area (Å²) in [4.78, 5) is 0. The normalized spacial score (nSPS) is 25.8. The van der Waals surface area contributed by atoms with E-state index in [-0.39, 0.29) is 12.1 Å². The van der Waals surface area contributed by atoms with Crippen molar-refractivity contribution >= 4 is 0 Å². The van der Waals surface area contributed by atoms with Gasteiger partial charge in [-0.05, 0) is 61.1 Å². The largest absolute Gasteiger partial charge is 0.348 e. The first-order valence-corrected chi connectivity index (χ1v) is 13.3. The third kappa shape index (κ3) is 6.45. The number of benzene rings is 2. The maximum absolute atomic E-state index is 15.1. The van der Waals surface area contributed by atoms with E-state index in [1.807, 2.05) is 30.3 Å². The van der Waals surface area contributed by atoms with Crippen molar-refractivity contribution in [2.24, 2.45) is 11.8 Å². The van der Waals surface area contributed by atoms with E-state index in [1.54, 1.807) is 6.07 Å². The average molecular weight is 453 g/mol. The zero-order chi connectivity index (χ0) is 23.0. The third-order valence-electron chi connectivity index (χ3n) is 7.68. The summed E-state index contributed by atoms with van der Waals surface area (Å²) in [6.07, 6.45) is 12.2. The Balaban J connectivity index is 1.33. The molecule has 2 fully saturated rings. The van der Waals surface area contributed by atoms with Crippen molar-refractivity contribution in [3.8, 4) is 11.1 Å². The van der Waals surface area contributed by atoms with Crippen molar-refractivity contribution < 1.29 is 13.9 Å². The molecule has 2 aromatic carbocycles. The molecule has 1 aliphatic heterocycles. The molecule has 1 saturated carbocycles. The lowest BCUT2D eigenvalue weighted by Crippen LogP contribution is -2.27. The number of hydrogen-bond donors (Lipinski definition) is 0. The van der Waals surface area contributed by atoms with E-state index >= 15 is 4.39 Å². The average Bonchev–Trinajstić information content (AvgIpc) is 2.85. The van der Waals surface area contributed by atoms with Crippen molar-refractivity contribution in [3.63, 3.8) is 0 Å². The molecule has 0 amide bonds. The molecule has 0 radical (unpaired) electrons. The summed E-state index contributed by atoms with van der Waals surface area (Å²) in [7, 11) is 0.